The standard InChI is InChI=1S/C20H21N5O3S/c1-2-28-20(27)17-19(29-24-22-17)21-18(26)16-14-11-7-4-8-12-15(14)25(23-16)13-9-5-3-6-10-13/h3,5-6,9-10H,2,4,7-8,11-12H2,1H3,(H,21,26). The van der Waals surface area contributed by atoms with Gasteiger partial charge in [0.15, 0.2) is 10.7 Å². The maximum absolute atomic E-state index is 13.1. The molecule has 0 unspecified atom stereocenters. The van der Waals surface area contributed by atoms with Crippen molar-refractivity contribution < 1.29 is 14.3 Å². The second-order valence-electron chi connectivity index (χ2n) is 6.71. The number of fused-ring (bicyclic) bond motifs is 1. The third-order valence-corrected chi connectivity index (χ3v) is 5.47. The van der Waals surface area contributed by atoms with Crippen LogP contribution in [0.3, 0.4) is 0 Å². The fourth-order valence-corrected chi connectivity index (χ4v) is 4.06. The van der Waals surface area contributed by atoms with E-state index in [-0.39, 0.29) is 23.2 Å². The predicted octanol–water partition coefficient (Wildman–Crippen LogP) is 3.42. The van der Waals surface area contributed by atoms with Gasteiger partial charge < -0.3 is 10.1 Å². The second kappa shape index (κ2) is 8.52. The summed E-state index contributed by atoms with van der Waals surface area (Å²) in [6, 6.07) is 9.81. The predicted molar refractivity (Wildman–Crippen MR) is 109 cm³/mol. The molecule has 29 heavy (non-hydrogen) atoms. The SMILES string of the molecule is CCOC(=O)c1nnsc1NC(=O)c1nn(-c2ccccc2)c2c1CCCCC2. The van der Waals surface area contributed by atoms with Crippen LogP contribution in [-0.4, -0.2) is 37.9 Å². The minimum Gasteiger partial charge on any atom is -0.461 e. The van der Waals surface area contributed by atoms with Crippen molar-refractivity contribution in [3.63, 3.8) is 0 Å². The summed E-state index contributed by atoms with van der Waals surface area (Å²) in [5.41, 5.74) is 3.37. The molecular formula is C20H21N5O3S. The highest BCUT2D eigenvalue weighted by Gasteiger charge is 2.27. The molecule has 3 aromatic rings. The third kappa shape index (κ3) is 3.91. The highest BCUT2D eigenvalue weighted by molar-refractivity contribution is 7.10. The van der Waals surface area contributed by atoms with Gasteiger partial charge in [-0.1, -0.05) is 29.1 Å². The molecule has 0 saturated heterocycles. The number of carbonyl (C=O) groups excluding carboxylic acids is 2. The van der Waals surface area contributed by atoms with E-state index in [2.05, 4.69) is 20.0 Å². The van der Waals surface area contributed by atoms with Gasteiger partial charge in [0.05, 0.1) is 12.3 Å². The Morgan fingerprint density at radius 1 is 1.14 bits per heavy atom. The van der Waals surface area contributed by atoms with Gasteiger partial charge in [-0.3, -0.25) is 4.79 Å². The smallest absolute Gasteiger partial charge is 0.362 e. The number of hydrogen-bond donors (Lipinski definition) is 1. The van der Waals surface area contributed by atoms with Gasteiger partial charge in [-0.15, -0.1) is 5.10 Å². The molecule has 2 aromatic heterocycles. The van der Waals surface area contributed by atoms with Crippen molar-refractivity contribution in [1.82, 2.24) is 19.4 Å². The summed E-state index contributed by atoms with van der Waals surface area (Å²) in [6.45, 7) is 1.93. The summed E-state index contributed by atoms with van der Waals surface area (Å²) in [5.74, 6) is -0.973. The van der Waals surface area contributed by atoms with Crippen molar-refractivity contribution in [2.45, 2.75) is 39.0 Å². The number of nitrogens with one attached hydrogen (secondary N) is 1. The lowest BCUT2D eigenvalue weighted by molar-refractivity contribution is 0.0520. The zero-order valence-corrected chi connectivity index (χ0v) is 16.9. The summed E-state index contributed by atoms with van der Waals surface area (Å²) in [6.07, 6.45) is 4.88. The summed E-state index contributed by atoms with van der Waals surface area (Å²) in [7, 11) is 0. The van der Waals surface area contributed by atoms with Gasteiger partial charge in [0, 0.05) is 22.8 Å². The average Bonchev–Trinajstić information content (AvgIpc) is 3.26. The lowest BCUT2D eigenvalue weighted by Crippen LogP contribution is -2.17. The van der Waals surface area contributed by atoms with Crippen molar-refractivity contribution in [2.75, 3.05) is 11.9 Å². The number of rotatable bonds is 5. The largest absolute Gasteiger partial charge is 0.461 e. The number of nitrogens with zero attached hydrogens (tertiary/aromatic N) is 4. The van der Waals surface area contributed by atoms with Crippen LogP contribution >= 0.6 is 11.5 Å². The number of benzene rings is 1. The molecule has 1 amide bonds. The normalized spacial score (nSPS) is 13.4. The Hall–Kier alpha value is -3.07. The molecule has 4 rings (SSSR count). The van der Waals surface area contributed by atoms with Crippen LogP contribution in [0.5, 0.6) is 0 Å². The molecule has 8 nitrogen and oxygen atoms in total. The Balaban J connectivity index is 1.68. The van der Waals surface area contributed by atoms with Crippen molar-refractivity contribution in [2.24, 2.45) is 0 Å². The van der Waals surface area contributed by atoms with Crippen LogP contribution in [0.2, 0.25) is 0 Å². The quantitative estimate of drug-likeness (QED) is 0.510. The van der Waals surface area contributed by atoms with Crippen LogP contribution in [-0.2, 0) is 17.6 Å². The number of anilines is 1. The molecule has 150 valence electrons. The molecule has 0 aliphatic heterocycles. The Labute approximate surface area is 172 Å². The molecule has 0 atom stereocenters. The summed E-state index contributed by atoms with van der Waals surface area (Å²) in [4.78, 5) is 25.1. The van der Waals surface area contributed by atoms with E-state index in [0.29, 0.717) is 5.69 Å². The Kier molecular flexibility index (Phi) is 5.66. The summed E-state index contributed by atoms with van der Waals surface area (Å²) >= 11 is 0.943. The molecule has 1 aliphatic rings. The maximum atomic E-state index is 13.1. The first-order valence-corrected chi connectivity index (χ1v) is 10.4. The fraction of sp³-hybridized carbons (Fsp3) is 0.350. The zero-order valence-electron chi connectivity index (χ0n) is 16.1. The van der Waals surface area contributed by atoms with E-state index in [4.69, 9.17) is 4.74 Å². The van der Waals surface area contributed by atoms with Crippen LogP contribution in [0.15, 0.2) is 30.3 Å². The monoisotopic (exact) mass is 411 g/mol. The number of amides is 1. The summed E-state index contributed by atoms with van der Waals surface area (Å²) in [5, 5.41) is 11.5. The van der Waals surface area contributed by atoms with Gasteiger partial charge in [-0.2, -0.15) is 5.10 Å². The number of para-hydroxylation sites is 1. The van der Waals surface area contributed by atoms with Crippen molar-refractivity contribution in [1.29, 1.82) is 0 Å². The average molecular weight is 411 g/mol. The molecule has 0 saturated carbocycles. The number of aromatic nitrogens is 4. The fourth-order valence-electron chi connectivity index (χ4n) is 3.51. The molecule has 9 heteroatoms. The third-order valence-electron chi connectivity index (χ3n) is 4.83. The number of esters is 1. The molecule has 0 spiro atoms. The van der Waals surface area contributed by atoms with Crippen LogP contribution in [0.4, 0.5) is 5.00 Å². The highest BCUT2D eigenvalue weighted by Crippen LogP contribution is 2.28. The molecule has 1 aliphatic carbocycles. The van der Waals surface area contributed by atoms with Gasteiger partial charge >= 0.3 is 5.97 Å². The molecule has 0 fully saturated rings. The molecular weight excluding hydrogens is 390 g/mol. The van der Waals surface area contributed by atoms with Gasteiger partial charge in [0.1, 0.15) is 0 Å². The lowest BCUT2D eigenvalue weighted by Gasteiger charge is -2.06. The topological polar surface area (TPSA) is 99.0 Å². The molecule has 2 heterocycles. The number of carbonyl (C=O) groups is 2. The van der Waals surface area contributed by atoms with E-state index in [1.54, 1.807) is 6.92 Å². The van der Waals surface area contributed by atoms with E-state index in [0.717, 1.165) is 60.6 Å². The van der Waals surface area contributed by atoms with Gasteiger partial charge in [0.25, 0.3) is 5.91 Å². The number of hydrogen-bond acceptors (Lipinski definition) is 7. The van der Waals surface area contributed by atoms with E-state index in [9.17, 15) is 9.59 Å². The van der Waals surface area contributed by atoms with Crippen molar-refractivity contribution in [3.8, 4) is 5.69 Å². The van der Waals surface area contributed by atoms with E-state index in [1.165, 1.54) is 0 Å². The lowest BCUT2D eigenvalue weighted by atomic mass is 10.1. The van der Waals surface area contributed by atoms with E-state index < -0.39 is 5.97 Å². The van der Waals surface area contributed by atoms with Crippen LogP contribution in [0, 0.1) is 0 Å². The van der Waals surface area contributed by atoms with Crippen molar-refractivity contribution in [3.05, 3.63) is 53.0 Å². The molecule has 1 N–H and O–H groups in total. The zero-order chi connectivity index (χ0) is 20.2. The molecule has 0 bridgehead atoms. The van der Waals surface area contributed by atoms with Gasteiger partial charge in [-0.25, -0.2) is 9.48 Å². The highest BCUT2D eigenvalue weighted by atomic mass is 32.1. The minimum atomic E-state index is -0.606. The van der Waals surface area contributed by atoms with Gasteiger partial charge in [0.2, 0.25) is 5.69 Å². The number of ether oxygens (including phenoxy) is 1. The van der Waals surface area contributed by atoms with Crippen LogP contribution in [0.1, 0.15) is 58.4 Å². The van der Waals surface area contributed by atoms with Gasteiger partial charge in [-0.05, 0) is 44.7 Å². The van der Waals surface area contributed by atoms with E-state index in [1.807, 2.05) is 35.0 Å². The molecule has 0 radical (unpaired) electrons. The second-order valence-corrected chi connectivity index (χ2v) is 7.46. The Morgan fingerprint density at radius 2 is 1.93 bits per heavy atom. The maximum Gasteiger partial charge on any atom is 0.362 e. The minimum absolute atomic E-state index is 0.0128. The first kappa shape index (κ1) is 19.3. The first-order valence-electron chi connectivity index (χ1n) is 9.66. The van der Waals surface area contributed by atoms with Crippen LogP contribution in [0.25, 0.3) is 5.69 Å². The first-order chi connectivity index (χ1) is 14.2. The summed E-state index contributed by atoms with van der Waals surface area (Å²) < 4.78 is 10.6. The van der Waals surface area contributed by atoms with Crippen molar-refractivity contribution >= 4 is 28.4 Å². The molecule has 1 aromatic carbocycles. The van der Waals surface area contributed by atoms with E-state index >= 15 is 0 Å². The Bertz CT molecular complexity index is 1030. The van der Waals surface area contributed by atoms with Crippen LogP contribution < -0.4 is 5.32 Å². The Morgan fingerprint density at radius 3 is 2.72 bits per heavy atom.